The molecule has 1 amide bonds. The molecule has 0 aliphatic carbocycles. The first-order chi connectivity index (χ1) is 14.4. The second-order valence-electron chi connectivity index (χ2n) is 7.25. The smallest absolute Gasteiger partial charge is 0.270 e. The van der Waals surface area contributed by atoms with Gasteiger partial charge in [-0.15, -0.1) is 0 Å². The van der Waals surface area contributed by atoms with E-state index in [0.29, 0.717) is 30.1 Å². The van der Waals surface area contributed by atoms with Crippen molar-refractivity contribution in [1.82, 2.24) is 15.3 Å². The maximum absolute atomic E-state index is 14.0. The molecule has 30 heavy (non-hydrogen) atoms. The van der Waals surface area contributed by atoms with Gasteiger partial charge in [-0.2, -0.15) is 0 Å². The summed E-state index contributed by atoms with van der Waals surface area (Å²) in [6.45, 7) is 2.47. The fourth-order valence-electron chi connectivity index (χ4n) is 3.57. The third-order valence-corrected chi connectivity index (χ3v) is 5.19. The Bertz CT molecular complexity index is 1000. The monoisotopic (exact) mass is 417 g/mol. The third-order valence-electron chi connectivity index (χ3n) is 5.19. The number of aliphatic hydroxyl groups is 1. The lowest BCUT2D eigenvalue weighted by atomic mass is 10.0. The molecule has 3 N–H and O–H groups in total. The number of amides is 1. The maximum Gasteiger partial charge on any atom is 0.270 e. The van der Waals surface area contributed by atoms with Gasteiger partial charge >= 0.3 is 0 Å². The number of nitrogens with zero attached hydrogens (tertiary/aromatic N) is 3. The Morgan fingerprint density at radius 3 is 2.97 bits per heavy atom. The number of carbonyl (C=O) groups excluding carboxylic acids is 1. The number of aliphatic hydroxyl groups excluding tert-OH is 1. The number of rotatable bonds is 5. The van der Waals surface area contributed by atoms with E-state index in [9.17, 15) is 18.7 Å². The zero-order valence-corrected chi connectivity index (χ0v) is 16.2. The van der Waals surface area contributed by atoms with Crippen molar-refractivity contribution < 1.29 is 23.4 Å². The summed E-state index contributed by atoms with van der Waals surface area (Å²) in [5.74, 6) is -1.36. The van der Waals surface area contributed by atoms with Gasteiger partial charge in [0.05, 0.1) is 42.6 Å². The second kappa shape index (κ2) is 8.41. The van der Waals surface area contributed by atoms with Crippen molar-refractivity contribution in [2.75, 3.05) is 18.5 Å². The summed E-state index contributed by atoms with van der Waals surface area (Å²) < 4.78 is 32.8. The van der Waals surface area contributed by atoms with E-state index in [2.05, 4.69) is 25.6 Å². The SMILES string of the molecule is C[C@@H](NC(=O)C1=NCc2ncnc(N[C@@H]3CCOC[C@H]3O)c21)c1cc(F)ccc1F. The number of benzene rings is 1. The number of ether oxygens (including phenoxy) is 1. The lowest BCUT2D eigenvalue weighted by molar-refractivity contribution is -0.115. The number of hydrogen-bond acceptors (Lipinski definition) is 7. The average molecular weight is 417 g/mol. The molecule has 10 heteroatoms. The minimum absolute atomic E-state index is 0.0372. The number of carbonyl (C=O) groups is 1. The zero-order chi connectivity index (χ0) is 21.3. The maximum atomic E-state index is 14.0. The number of halogens is 2. The summed E-state index contributed by atoms with van der Waals surface area (Å²) in [5, 5.41) is 16.0. The second-order valence-corrected chi connectivity index (χ2v) is 7.25. The summed E-state index contributed by atoms with van der Waals surface area (Å²) in [6.07, 6.45) is 1.23. The molecule has 1 saturated heterocycles. The van der Waals surface area contributed by atoms with Crippen molar-refractivity contribution in [3.8, 4) is 0 Å². The summed E-state index contributed by atoms with van der Waals surface area (Å²) >= 11 is 0. The Hall–Kier alpha value is -2.98. The van der Waals surface area contributed by atoms with Gasteiger partial charge in [0.2, 0.25) is 0 Å². The van der Waals surface area contributed by atoms with Crippen LogP contribution >= 0.6 is 0 Å². The van der Waals surface area contributed by atoms with E-state index >= 15 is 0 Å². The van der Waals surface area contributed by atoms with Crippen LogP contribution in [0.15, 0.2) is 29.5 Å². The van der Waals surface area contributed by atoms with Gasteiger partial charge in [-0.25, -0.2) is 18.7 Å². The van der Waals surface area contributed by atoms with E-state index in [4.69, 9.17) is 4.74 Å². The minimum atomic E-state index is -0.779. The molecule has 0 radical (unpaired) electrons. The van der Waals surface area contributed by atoms with E-state index in [1.165, 1.54) is 6.33 Å². The van der Waals surface area contributed by atoms with Crippen LogP contribution in [0.1, 0.15) is 36.2 Å². The predicted octanol–water partition coefficient (Wildman–Crippen LogP) is 1.50. The first kappa shape index (κ1) is 20.3. The van der Waals surface area contributed by atoms with Crippen molar-refractivity contribution in [3.63, 3.8) is 0 Å². The summed E-state index contributed by atoms with van der Waals surface area (Å²) in [5.41, 5.74) is 1.16. The minimum Gasteiger partial charge on any atom is -0.389 e. The largest absolute Gasteiger partial charge is 0.389 e. The van der Waals surface area contributed by atoms with E-state index in [1.54, 1.807) is 6.92 Å². The topological polar surface area (TPSA) is 109 Å². The molecule has 1 aromatic heterocycles. The molecule has 8 nitrogen and oxygen atoms in total. The predicted molar refractivity (Wildman–Crippen MR) is 104 cm³/mol. The fourth-order valence-corrected chi connectivity index (χ4v) is 3.57. The molecule has 2 aliphatic heterocycles. The Morgan fingerprint density at radius 2 is 2.17 bits per heavy atom. The van der Waals surface area contributed by atoms with Crippen LogP contribution in [0.4, 0.5) is 14.6 Å². The Morgan fingerprint density at radius 1 is 1.33 bits per heavy atom. The van der Waals surface area contributed by atoms with Crippen LogP contribution in [0, 0.1) is 11.6 Å². The molecule has 1 fully saturated rings. The Labute approximate surface area is 171 Å². The number of anilines is 1. The molecule has 4 rings (SSSR count). The number of hydrogen-bond donors (Lipinski definition) is 3. The van der Waals surface area contributed by atoms with Crippen LogP contribution in [-0.4, -0.2) is 52.1 Å². The average Bonchev–Trinajstić information content (AvgIpc) is 3.17. The number of aliphatic imine (C=N–C) groups is 1. The highest BCUT2D eigenvalue weighted by molar-refractivity contribution is 6.47. The van der Waals surface area contributed by atoms with Crippen LogP contribution in [0.3, 0.4) is 0 Å². The number of aromatic nitrogens is 2. The van der Waals surface area contributed by atoms with E-state index < -0.39 is 29.7 Å². The van der Waals surface area contributed by atoms with Crippen molar-refractivity contribution in [1.29, 1.82) is 0 Å². The molecule has 0 unspecified atom stereocenters. The van der Waals surface area contributed by atoms with Gasteiger partial charge in [-0.1, -0.05) is 0 Å². The van der Waals surface area contributed by atoms with Crippen molar-refractivity contribution in [2.45, 2.75) is 38.1 Å². The molecule has 2 aromatic rings. The molecule has 0 saturated carbocycles. The lowest BCUT2D eigenvalue weighted by Gasteiger charge is -2.29. The highest BCUT2D eigenvalue weighted by Gasteiger charge is 2.31. The Balaban J connectivity index is 1.55. The highest BCUT2D eigenvalue weighted by atomic mass is 19.1. The first-order valence-corrected chi connectivity index (χ1v) is 9.61. The summed E-state index contributed by atoms with van der Waals surface area (Å²) in [4.78, 5) is 25.6. The van der Waals surface area contributed by atoms with Crippen LogP contribution in [0.25, 0.3) is 0 Å². The van der Waals surface area contributed by atoms with Crippen LogP contribution in [-0.2, 0) is 16.1 Å². The van der Waals surface area contributed by atoms with Crippen LogP contribution < -0.4 is 10.6 Å². The molecular formula is C20H21F2N5O3. The molecular weight excluding hydrogens is 396 g/mol. The first-order valence-electron chi connectivity index (χ1n) is 9.61. The highest BCUT2D eigenvalue weighted by Crippen LogP contribution is 2.26. The molecule has 3 atom stereocenters. The van der Waals surface area contributed by atoms with E-state index in [1.807, 2.05) is 0 Å². The van der Waals surface area contributed by atoms with Gasteiger partial charge in [-0.05, 0) is 31.5 Å². The summed E-state index contributed by atoms with van der Waals surface area (Å²) in [6, 6.07) is 2.02. The van der Waals surface area contributed by atoms with Gasteiger partial charge in [0.25, 0.3) is 5.91 Å². The van der Waals surface area contributed by atoms with Crippen molar-refractivity contribution in [2.24, 2.45) is 4.99 Å². The molecule has 0 bridgehead atoms. The third kappa shape index (κ3) is 4.01. The van der Waals surface area contributed by atoms with Crippen LogP contribution in [0.2, 0.25) is 0 Å². The number of nitrogens with one attached hydrogen (secondary N) is 2. The van der Waals surface area contributed by atoms with Crippen molar-refractivity contribution in [3.05, 3.63) is 53.0 Å². The van der Waals surface area contributed by atoms with Gasteiger partial charge in [-0.3, -0.25) is 9.79 Å². The van der Waals surface area contributed by atoms with Gasteiger partial charge in [0.1, 0.15) is 29.5 Å². The normalized spacial score (nSPS) is 21.5. The van der Waals surface area contributed by atoms with Gasteiger partial charge in [0.15, 0.2) is 0 Å². The van der Waals surface area contributed by atoms with E-state index in [-0.39, 0.29) is 30.5 Å². The van der Waals surface area contributed by atoms with Gasteiger partial charge < -0.3 is 20.5 Å². The Kier molecular flexibility index (Phi) is 5.69. The number of fused-ring (bicyclic) bond motifs is 1. The fraction of sp³-hybridized carbons (Fsp3) is 0.400. The quantitative estimate of drug-likeness (QED) is 0.680. The molecule has 3 heterocycles. The molecule has 158 valence electrons. The zero-order valence-electron chi connectivity index (χ0n) is 16.2. The standard InChI is InChI=1S/C20H21F2N5O3/c1-10(12-6-11(21)2-3-13(12)22)26-20(29)18-17-15(7-23-18)24-9-25-19(17)27-14-4-5-30-8-16(14)28/h2-3,6,9-10,14,16,28H,4-5,7-8H2,1H3,(H,26,29)(H,24,25,27)/t10-,14-,16-/m1/s1. The lowest BCUT2D eigenvalue weighted by Crippen LogP contribution is -2.42. The van der Waals surface area contributed by atoms with Crippen LogP contribution in [0.5, 0.6) is 0 Å². The van der Waals surface area contributed by atoms with Crippen molar-refractivity contribution >= 4 is 17.4 Å². The molecule has 1 aromatic carbocycles. The molecule has 2 aliphatic rings. The molecule has 0 spiro atoms. The van der Waals surface area contributed by atoms with E-state index in [0.717, 1.165) is 18.2 Å². The van der Waals surface area contributed by atoms with Gasteiger partial charge in [0, 0.05) is 12.2 Å². The summed E-state index contributed by atoms with van der Waals surface area (Å²) in [7, 11) is 0.